The molecule has 1 aliphatic carbocycles. The molecule has 1 fully saturated rings. The van der Waals surface area contributed by atoms with Crippen molar-refractivity contribution in [3.8, 4) is 17.4 Å². The Morgan fingerprint density at radius 1 is 1.04 bits per heavy atom. The van der Waals surface area contributed by atoms with Gasteiger partial charge in [0, 0.05) is 18.3 Å². The summed E-state index contributed by atoms with van der Waals surface area (Å²) in [5.41, 5.74) is 2.21. The molecule has 2 aromatic rings. The molecule has 0 aliphatic heterocycles. The lowest BCUT2D eigenvalue weighted by atomic mass is 9.93. The van der Waals surface area contributed by atoms with Crippen LogP contribution < -0.4 is 15.1 Å². The van der Waals surface area contributed by atoms with Crippen molar-refractivity contribution in [2.24, 2.45) is 0 Å². The minimum absolute atomic E-state index is 0.00317. The fourth-order valence-electron chi connectivity index (χ4n) is 2.79. The maximum Gasteiger partial charge on any atom is 0.416 e. The molecule has 1 heterocycles. The van der Waals surface area contributed by atoms with Crippen molar-refractivity contribution in [2.45, 2.75) is 44.0 Å². The zero-order chi connectivity index (χ0) is 18.6. The zero-order valence-electron chi connectivity index (χ0n) is 13.9. The van der Waals surface area contributed by atoms with E-state index in [4.69, 9.17) is 9.57 Å². The van der Waals surface area contributed by atoms with Crippen LogP contribution in [0.15, 0.2) is 42.6 Å². The molecule has 0 saturated heterocycles. The van der Waals surface area contributed by atoms with Gasteiger partial charge in [-0.2, -0.15) is 18.7 Å². The number of phenolic OH excluding ortho intramolecular Hbond substituents is 1. The summed E-state index contributed by atoms with van der Waals surface area (Å²) >= 11 is 0. The maximum atomic E-state index is 12.7. The summed E-state index contributed by atoms with van der Waals surface area (Å²) in [5, 5.41) is 9.23. The molecule has 0 radical (unpaired) electrons. The van der Waals surface area contributed by atoms with Crippen LogP contribution in [0.4, 0.5) is 13.2 Å². The summed E-state index contributed by atoms with van der Waals surface area (Å²) in [6.45, 7) is 0. The molecule has 0 spiro atoms. The predicted molar refractivity (Wildman–Crippen MR) is 87.8 cm³/mol. The van der Waals surface area contributed by atoms with Gasteiger partial charge in [0.25, 0.3) is 0 Å². The lowest BCUT2D eigenvalue weighted by Gasteiger charge is -2.29. The van der Waals surface area contributed by atoms with Crippen LogP contribution in [0.1, 0.15) is 31.2 Å². The Morgan fingerprint density at radius 3 is 2.38 bits per heavy atom. The van der Waals surface area contributed by atoms with E-state index in [-0.39, 0.29) is 23.8 Å². The molecule has 0 unspecified atom stereocenters. The normalized spacial score (nSPS) is 20.6. The summed E-state index contributed by atoms with van der Waals surface area (Å²) in [7, 11) is 0. The predicted octanol–water partition coefficient (Wildman–Crippen LogP) is 4.08. The van der Waals surface area contributed by atoms with E-state index in [1.165, 1.54) is 12.1 Å². The number of hydrogen-bond donors (Lipinski definition) is 2. The van der Waals surface area contributed by atoms with Crippen LogP contribution in [0.3, 0.4) is 0 Å². The van der Waals surface area contributed by atoms with Crippen molar-refractivity contribution in [3.05, 3.63) is 48.2 Å². The Bertz CT molecular complexity index is 714. The Balaban J connectivity index is 1.46. The van der Waals surface area contributed by atoms with E-state index in [0.29, 0.717) is 18.6 Å². The molecule has 1 aliphatic rings. The van der Waals surface area contributed by atoms with E-state index < -0.39 is 11.7 Å². The molecule has 0 bridgehead atoms. The van der Waals surface area contributed by atoms with Crippen molar-refractivity contribution in [1.82, 2.24) is 10.5 Å². The first-order valence-electron chi connectivity index (χ1n) is 8.31. The van der Waals surface area contributed by atoms with E-state index in [1.54, 1.807) is 12.1 Å². The first-order chi connectivity index (χ1) is 12.4. The van der Waals surface area contributed by atoms with Crippen molar-refractivity contribution in [1.29, 1.82) is 0 Å². The third kappa shape index (κ3) is 5.01. The smallest absolute Gasteiger partial charge is 0.416 e. The Hall–Kier alpha value is -2.48. The van der Waals surface area contributed by atoms with E-state index in [0.717, 1.165) is 31.2 Å². The average Bonchev–Trinajstić information content (AvgIpc) is 2.62. The van der Waals surface area contributed by atoms with Gasteiger partial charge >= 0.3 is 6.18 Å². The second-order valence-corrected chi connectivity index (χ2v) is 6.19. The summed E-state index contributed by atoms with van der Waals surface area (Å²) in [5.74, 6) is 0.754. The number of ether oxygens (including phenoxy) is 1. The van der Waals surface area contributed by atoms with Crippen molar-refractivity contribution >= 4 is 0 Å². The topological polar surface area (TPSA) is 63.6 Å². The Labute approximate surface area is 148 Å². The summed E-state index contributed by atoms with van der Waals surface area (Å²) in [6.07, 6.45) is -0.560. The minimum Gasteiger partial charge on any atom is -0.508 e. The van der Waals surface area contributed by atoms with Gasteiger partial charge in [-0.05, 0) is 56.0 Å². The average molecular weight is 368 g/mol. The molecule has 1 saturated carbocycles. The lowest BCUT2D eigenvalue weighted by molar-refractivity contribution is -0.137. The molecule has 8 heteroatoms. The Kier molecular flexibility index (Phi) is 5.51. The standard InChI is InChI=1S/C18H19F3N2O3/c19-18(20,21)12-9-10-22-17(11-12)25-15-5-1-13(2-6-15)23-26-16-7-3-14(24)4-8-16/h3-4,7-11,13,15,23-24H,1-2,5-6H2. The quantitative estimate of drug-likeness (QED) is 0.779. The number of hydrogen-bond acceptors (Lipinski definition) is 5. The van der Waals surface area contributed by atoms with E-state index >= 15 is 0 Å². The largest absolute Gasteiger partial charge is 0.508 e. The maximum absolute atomic E-state index is 12.7. The fraction of sp³-hybridized carbons (Fsp3) is 0.389. The molecular weight excluding hydrogens is 349 g/mol. The number of phenols is 1. The van der Waals surface area contributed by atoms with Gasteiger partial charge in [0.05, 0.1) is 5.56 Å². The molecule has 140 valence electrons. The highest BCUT2D eigenvalue weighted by Crippen LogP contribution is 2.31. The molecule has 26 heavy (non-hydrogen) atoms. The number of alkyl halides is 3. The molecule has 0 amide bonds. The number of aromatic nitrogens is 1. The summed E-state index contributed by atoms with van der Waals surface area (Å²) < 4.78 is 43.8. The van der Waals surface area contributed by atoms with Crippen LogP contribution in [-0.2, 0) is 6.18 Å². The van der Waals surface area contributed by atoms with E-state index in [9.17, 15) is 18.3 Å². The second-order valence-electron chi connectivity index (χ2n) is 6.19. The van der Waals surface area contributed by atoms with Crippen LogP contribution in [0.2, 0.25) is 0 Å². The zero-order valence-corrected chi connectivity index (χ0v) is 13.9. The van der Waals surface area contributed by atoms with Crippen LogP contribution in [0, 0.1) is 0 Å². The van der Waals surface area contributed by atoms with Crippen molar-refractivity contribution in [2.75, 3.05) is 0 Å². The Morgan fingerprint density at radius 2 is 1.73 bits per heavy atom. The van der Waals surface area contributed by atoms with Gasteiger partial charge in [0.15, 0.2) is 0 Å². The number of nitrogens with one attached hydrogen (secondary N) is 1. The van der Waals surface area contributed by atoms with Gasteiger partial charge in [-0.15, -0.1) is 0 Å². The number of hydroxylamine groups is 1. The highest BCUT2D eigenvalue weighted by atomic mass is 19.4. The molecule has 2 N–H and O–H groups in total. The highest BCUT2D eigenvalue weighted by Gasteiger charge is 2.31. The SMILES string of the molecule is Oc1ccc(ONC2CCC(Oc3cc(C(F)(F)F)ccn3)CC2)cc1. The second kappa shape index (κ2) is 7.82. The first-order valence-corrected chi connectivity index (χ1v) is 8.31. The first kappa shape index (κ1) is 18.3. The molecule has 0 atom stereocenters. The summed E-state index contributed by atoms with van der Waals surface area (Å²) in [6, 6.07) is 8.34. The summed E-state index contributed by atoms with van der Waals surface area (Å²) in [4.78, 5) is 9.33. The van der Waals surface area contributed by atoms with Crippen LogP contribution in [0.25, 0.3) is 0 Å². The molecule has 3 rings (SSSR count). The number of pyridine rings is 1. The van der Waals surface area contributed by atoms with Gasteiger partial charge < -0.3 is 14.7 Å². The van der Waals surface area contributed by atoms with Gasteiger partial charge in [-0.25, -0.2) is 4.98 Å². The number of benzene rings is 1. The van der Waals surface area contributed by atoms with E-state index in [2.05, 4.69) is 10.5 Å². The monoisotopic (exact) mass is 368 g/mol. The van der Waals surface area contributed by atoms with Crippen molar-refractivity contribution in [3.63, 3.8) is 0 Å². The minimum atomic E-state index is -4.41. The van der Waals surface area contributed by atoms with Gasteiger partial charge in [-0.1, -0.05) is 0 Å². The van der Waals surface area contributed by atoms with Gasteiger partial charge in [0.1, 0.15) is 17.6 Å². The van der Waals surface area contributed by atoms with Crippen LogP contribution in [-0.4, -0.2) is 22.2 Å². The molecule has 1 aromatic carbocycles. The van der Waals surface area contributed by atoms with Crippen molar-refractivity contribution < 1.29 is 27.9 Å². The van der Waals surface area contributed by atoms with Crippen LogP contribution in [0.5, 0.6) is 17.4 Å². The van der Waals surface area contributed by atoms with Gasteiger partial charge in [0.2, 0.25) is 5.88 Å². The molecule has 1 aromatic heterocycles. The number of rotatable bonds is 5. The van der Waals surface area contributed by atoms with Gasteiger partial charge in [-0.3, -0.25) is 0 Å². The fourth-order valence-corrected chi connectivity index (χ4v) is 2.79. The number of aromatic hydroxyl groups is 1. The van der Waals surface area contributed by atoms with E-state index in [1.807, 2.05) is 0 Å². The molecular formula is C18H19F3N2O3. The number of nitrogens with zero attached hydrogens (tertiary/aromatic N) is 1. The van der Waals surface area contributed by atoms with Crippen LogP contribution >= 0.6 is 0 Å². The third-order valence-corrected chi connectivity index (χ3v) is 4.20. The molecule has 5 nitrogen and oxygen atoms in total. The lowest BCUT2D eigenvalue weighted by Crippen LogP contribution is -2.38. The third-order valence-electron chi connectivity index (χ3n) is 4.20. The number of halogens is 3. The highest BCUT2D eigenvalue weighted by molar-refractivity contribution is 5.29.